The molecule has 1 aromatic heterocycles. The molecule has 0 bridgehead atoms. The maximum absolute atomic E-state index is 12.4. The third-order valence-electron chi connectivity index (χ3n) is 4.13. The number of hydrogen-bond donors (Lipinski definition) is 1. The van der Waals surface area contributed by atoms with Crippen LogP contribution in [0.3, 0.4) is 0 Å². The van der Waals surface area contributed by atoms with Crippen molar-refractivity contribution in [2.45, 2.75) is 6.92 Å². The number of benzene rings is 2. The van der Waals surface area contributed by atoms with Gasteiger partial charge in [-0.3, -0.25) is 14.9 Å². The number of amides is 1. The second kappa shape index (κ2) is 9.73. The molecule has 0 atom stereocenters. The second-order valence-electron chi connectivity index (χ2n) is 6.20. The maximum atomic E-state index is 12.4. The minimum Gasteiger partial charge on any atom is -0.494 e. The fourth-order valence-electron chi connectivity index (χ4n) is 2.68. The number of non-ortho nitro benzene ring substituents is 1. The van der Waals surface area contributed by atoms with E-state index in [0.717, 1.165) is 0 Å². The number of halogens is 1. The molecule has 0 saturated carbocycles. The van der Waals surface area contributed by atoms with Crippen LogP contribution in [-0.2, 0) is 4.79 Å². The largest absolute Gasteiger partial charge is 0.494 e. The van der Waals surface area contributed by atoms with E-state index in [1.807, 2.05) is 13.0 Å². The van der Waals surface area contributed by atoms with E-state index < -0.39 is 10.8 Å². The third kappa shape index (κ3) is 5.38. The van der Waals surface area contributed by atoms with E-state index in [1.54, 1.807) is 42.5 Å². The summed E-state index contributed by atoms with van der Waals surface area (Å²) in [4.78, 5) is 22.8. The molecule has 156 valence electrons. The van der Waals surface area contributed by atoms with Crippen LogP contribution in [0.2, 0.25) is 0 Å². The van der Waals surface area contributed by atoms with Crippen molar-refractivity contribution in [2.24, 2.45) is 0 Å². The number of nitro groups is 1. The van der Waals surface area contributed by atoms with Gasteiger partial charge in [0.2, 0.25) is 0 Å². The van der Waals surface area contributed by atoms with Crippen LogP contribution in [0.25, 0.3) is 17.4 Å². The van der Waals surface area contributed by atoms with Crippen LogP contribution < -0.4 is 10.1 Å². The molecule has 0 radical (unpaired) electrons. The molecule has 0 aliphatic heterocycles. The highest BCUT2D eigenvalue weighted by atomic mass is 79.9. The molecule has 0 aliphatic carbocycles. The highest BCUT2D eigenvalue weighted by Crippen LogP contribution is 2.33. The van der Waals surface area contributed by atoms with E-state index in [2.05, 4.69) is 21.2 Å². The highest BCUT2D eigenvalue weighted by molar-refractivity contribution is 9.10. The molecular formula is C22H16BrN3O5. The van der Waals surface area contributed by atoms with E-state index >= 15 is 0 Å². The molecule has 0 saturated heterocycles. The van der Waals surface area contributed by atoms with E-state index in [-0.39, 0.29) is 11.3 Å². The first kappa shape index (κ1) is 21.8. The van der Waals surface area contributed by atoms with Crippen molar-refractivity contribution < 1.29 is 18.9 Å². The van der Waals surface area contributed by atoms with Crippen molar-refractivity contribution in [1.82, 2.24) is 0 Å². The van der Waals surface area contributed by atoms with Gasteiger partial charge in [-0.2, -0.15) is 5.26 Å². The normalized spacial score (nSPS) is 10.9. The Bertz CT molecular complexity index is 1190. The molecule has 0 unspecified atom stereocenters. The van der Waals surface area contributed by atoms with Gasteiger partial charge in [0.15, 0.2) is 0 Å². The Hall–Kier alpha value is -3.90. The smallest absolute Gasteiger partial charge is 0.270 e. The van der Waals surface area contributed by atoms with Gasteiger partial charge in [-0.25, -0.2) is 0 Å². The molecule has 0 aliphatic rings. The summed E-state index contributed by atoms with van der Waals surface area (Å²) < 4.78 is 11.5. The molecular weight excluding hydrogens is 466 g/mol. The molecule has 2 aromatic carbocycles. The van der Waals surface area contributed by atoms with Gasteiger partial charge in [-0.15, -0.1) is 0 Å². The van der Waals surface area contributed by atoms with Gasteiger partial charge in [0.25, 0.3) is 11.6 Å². The zero-order chi connectivity index (χ0) is 22.4. The Balaban J connectivity index is 1.77. The van der Waals surface area contributed by atoms with Crippen molar-refractivity contribution in [1.29, 1.82) is 5.26 Å². The molecule has 3 rings (SSSR count). The van der Waals surface area contributed by atoms with Crippen molar-refractivity contribution in [2.75, 3.05) is 11.9 Å². The van der Waals surface area contributed by atoms with Gasteiger partial charge in [0, 0.05) is 33.9 Å². The number of anilines is 1. The van der Waals surface area contributed by atoms with Crippen molar-refractivity contribution in [3.05, 3.63) is 80.5 Å². The lowest BCUT2D eigenvalue weighted by Crippen LogP contribution is -2.13. The number of ether oxygens (including phenoxy) is 1. The zero-order valence-corrected chi connectivity index (χ0v) is 17.9. The lowest BCUT2D eigenvalue weighted by molar-refractivity contribution is -0.384. The summed E-state index contributed by atoms with van der Waals surface area (Å²) in [5.74, 6) is 0.814. The Labute approximate surface area is 186 Å². The summed E-state index contributed by atoms with van der Waals surface area (Å²) in [6.07, 6.45) is 1.33. The average molecular weight is 482 g/mol. The van der Waals surface area contributed by atoms with Gasteiger partial charge in [0.1, 0.15) is 28.9 Å². The van der Waals surface area contributed by atoms with Gasteiger partial charge in [-0.05, 0) is 65.3 Å². The minimum atomic E-state index is -0.582. The number of nitrogens with zero attached hydrogens (tertiary/aromatic N) is 2. The number of nitriles is 1. The first-order valence-corrected chi connectivity index (χ1v) is 9.90. The van der Waals surface area contributed by atoms with Crippen LogP contribution in [0.1, 0.15) is 12.7 Å². The lowest BCUT2D eigenvalue weighted by atomic mass is 10.1. The van der Waals surface area contributed by atoms with Gasteiger partial charge >= 0.3 is 0 Å². The molecule has 0 spiro atoms. The summed E-state index contributed by atoms with van der Waals surface area (Å²) in [5.41, 5.74) is 0.921. The molecule has 1 heterocycles. The van der Waals surface area contributed by atoms with Crippen LogP contribution in [0.15, 0.2) is 69.1 Å². The zero-order valence-electron chi connectivity index (χ0n) is 16.3. The van der Waals surface area contributed by atoms with E-state index in [4.69, 9.17) is 9.15 Å². The Morgan fingerprint density at radius 2 is 2.00 bits per heavy atom. The fourth-order valence-corrected chi connectivity index (χ4v) is 3.25. The third-order valence-corrected chi connectivity index (χ3v) is 4.79. The predicted molar refractivity (Wildman–Crippen MR) is 118 cm³/mol. The molecule has 9 heteroatoms. The molecule has 1 amide bonds. The summed E-state index contributed by atoms with van der Waals surface area (Å²) in [6.45, 7) is 2.41. The topological polar surface area (TPSA) is 118 Å². The quantitative estimate of drug-likeness (QED) is 0.204. The molecule has 0 fully saturated rings. The molecule has 31 heavy (non-hydrogen) atoms. The number of carbonyl (C=O) groups excluding carboxylic acids is 1. The van der Waals surface area contributed by atoms with Crippen molar-refractivity contribution in [3.8, 4) is 23.1 Å². The standard InChI is InChI=1S/C22H16BrN3O5/c1-2-30-17-6-3-15(4-7-17)25-22(27)14(13-24)11-18-8-10-21(31-18)19-9-5-16(26(28)29)12-20(19)23/h3-12H,2H2,1H3,(H,25,27)/b14-11-. The fraction of sp³-hybridized carbons (Fsp3) is 0.0909. The second-order valence-corrected chi connectivity index (χ2v) is 7.06. The first-order chi connectivity index (χ1) is 14.9. The van der Waals surface area contributed by atoms with Crippen LogP contribution in [0, 0.1) is 21.4 Å². The summed E-state index contributed by atoms with van der Waals surface area (Å²) >= 11 is 3.30. The van der Waals surface area contributed by atoms with E-state index in [9.17, 15) is 20.2 Å². The van der Waals surface area contributed by atoms with Crippen molar-refractivity contribution in [3.63, 3.8) is 0 Å². The monoisotopic (exact) mass is 481 g/mol. The average Bonchev–Trinajstić information content (AvgIpc) is 3.21. The van der Waals surface area contributed by atoms with E-state index in [1.165, 1.54) is 18.2 Å². The maximum Gasteiger partial charge on any atom is 0.270 e. The number of nitrogens with one attached hydrogen (secondary N) is 1. The minimum absolute atomic E-state index is 0.0555. The molecule has 3 aromatic rings. The SMILES string of the molecule is CCOc1ccc(NC(=O)/C(C#N)=C\c2ccc(-c3ccc([N+](=O)[O-])cc3Br)o2)cc1. The summed E-state index contributed by atoms with van der Waals surface area (Å²) in [7, 11) is 0. The number of hydrogen-bond acceptors (Lipinski definition) is 6. The lowest BCUT2D eigenvalue weighted by Gasteiger charge is -2.06. The van der Waals surface area contributed by atoms with Crippen LogP contribution in [0.4, 0.5) is 11.4 Å². The van der Waals surface area contributed by atoms with Crippen LogP contribution >= 0.6 is 15.9 Å². The van der Waals surface area contributed by atoms with Crippen molar-refractivity contribution >= 4 is 39.3 Å². The number of furan rings is 1. The van der Waals surface area contributed by atoms with E-state index in [0.29, 0.717) is 39.6 Å². The summed E-state index contributed by atoms with van der Waals surface area (Å²) in [5, 5.41) is 22.9. The predicted octanol–water partition coefficient (Wildman–Crippen LogP) is 5.56. The number of nitro benzene ring substituents is 1. The first-order valence-electron chi connectivity index (χ1n) is 9.11. The molecule has 8 nitrogen and oxygen atoms in total. The number of carbonyl (C=O) groups is 1. The van der Waals surface area contributed by atoms with Crippen LogP contribution in [0.5, 0.6) is 5.75 Å². The van der Waals surface area contributed by atoms with Gasteiger partial charge < -0.3 is 14.5 Å². The highest BCUT2D eigenvalue weighted by Gasteiger charge is 2.15. The van der Waals surface area contributed by atoms with Gasteiger partial charge in [0.05, 0.1) is 11.5 Å². The Morgan fingerprint density at radius 3 is 2.61 bits per heavy atom. The number of rotatable bonds is 7. The van der Waals surface area contributed by atoms with Gasteiger partial charge in [-0.1, -0.05) is 0 Å². The Morgan fingerprint density at radius 1 is 1.26 bits per heavy atom. The summed E-state index contributed by atoms with van der Waals surface area (Å²) in [6, 6.07) is 16.2. The van der Waals surface area contributed by atoms with Crippen LogP contribution in [-0.4, -0.2) is 17.4 Å². The Kier molecular flexibility index (Phi) is 6.85. The molecule has 1 N–H and O–H groups in total.